The van der Waals surface area contributed by atoms with Crippen LogP contribution in [0.3, 0.4) is 0 Å². The Kier molecular flexibility index (Phi) is 5.76. The van der Waals surface area contributed by atoms with E-state index >= 15 is 0 Å². The molecule has 0 aliphatic carbocycles. The minimum absolute atomic E-state index is 0.119. The van der Waals surface area contributed by atoms with Crippen LogP contribution in [-0.2, 0) is 4.74 Å². The summed E-state index contributed by atoms with van der Waals surface area (Å²) in [5.41, 5.74) is 0.759. The maximum atomic E-state index is 12.4. The average molecular weight is 356 g/mol. The van der Waals surface area contributed by atoms with Crippen LogP contribution < -0.4 is 5.32 Å². The van der Waals surface area contributed by atoms with E-state index in [9.17, 15) is 4.79 Å². The zero-order valence-electron chi connectivity index (χ0n) is 14.0. The van der Waals surface area contributed by atoms with Gasteiger partial charge in [-0.05, 0) is 30.5 Å². The van der Waals surface area contributed by atoms with Crippen molar-refractivity contribution < 1.29 is 9.53 Å². The summed E-state index contributed by atoms with van der Waals surface area (Å²) in [7, 11) is 0. The zero-order valence-corrected chi connectivity index (χ0v) is 14.8. The summed E-state index contributed by atoms with van der Waals surface area (Å²) >= 11 is 1.69. The second kappa shape index (κ2) is 8.21. The van der Waals surface area contributed by atoms with Crippen LogP contribution in [0.5, 0.6) is 0 Å². The molecule has 1 saturated heterocycles. The molecule has 3 heterocycles. The van der Waals surface area contributed by atoms with Crippen LogP contribution in [0.15, 0.2) is 35.8 Å². The number of carbonyl (C=O) groups excluding carboxylic acids is 1. The van der Waals surface area contributed by atoms with Gasteiger partial charge in [-0.3, -0.25) is 9.69 Å². The van der Waals surface area contributed by atoms with Crippen LogP contribution in [0, 0.1) is 11.3 Å². The molecule has 0 radical (unpaired) electrons. The molecular weight excluding hydrogens is 336 g/mol. The molecule has 0 saturated carbocycles. The Balaban J connectivity index is 1.67. The first-order valence-electron chi connectivity index (χ1n) is 8.21. The molecule has 1 fully saturated rings. The zero-order chi connectivity index (χ0) is 17.6. The molecule has 2 aromatic rings. The van der Waals surface area contributed by atoms with Gasteiger partial charge in [0.25, 0.3) is 5.91 Å². The maximum Gasteiger partial charge on any atom is 0.269 e. The molecule has 7 heteroatoms. The van der Waals surface area contributed by atoms with Gasteiger partial charge >= 0.3 is 0 Å². The summed E-state index contributed by atoms with van der Waals surface area (Å²) in [6.45, 7) is 4.96. The second-order valence-electron chi connectivity index (χ2n) is 5.96. The Labute approximate surface area is 151 Å². The highest BCUT2D eigenvalue weighted by atomic mass is 32.1. The first kappa shape index (κ1) is 17.5. The summed E-state index contributed by atoms with van der Waals surface area (Å²) in [6.07, 6.45) is 1.60. The Morgan fingerprint density at radius 1 is 1.56 bits per heavy atom. The number of pyridine rings is 1. The van der Waals surface area contributed by atoms with Crippen molar-refractivity contribution in [3.63, 3.8) is 0 Å². The first-order chi connectivity index (χ1) is 12.2. The van der Waals surface area contributed by atoms with E-state index in [-0.39, 0.29) is 18.1 Å². The first-order valence-corrected chi connectivity index (χ1v) is 9.08. The topological polar surface area (TPSA) is 78.3 Å². The van der Waals surface area contributed by atoms with Crippen molar-refractivity contribution in [1.29, 1.82) is 5.26 Å². The molecule has 1 aliphatic heterocycles. The van der Waals surface area contributed by atoms with Gasteiger partial charge in [-0.2, -0.15) is 5.26 Å². The molecule has 2 unspecified atom stereocenters. The van der Waals surface area contributed by atoms with E-state index in [1.54, 1.807) is 23.5 Å². The summed E-state index contributed by atoms with van der Waals surface area (Å²) in [6, 6.07) is 9.42. The lowest BCUT2D eigenvalue weighted by atomic mass is 10.1. The fourth-order valence-electron chi connectivity index (χ4n) is 2.89. The minimum Gasteiger partial charge on any atom is -0.376 e. The highest BCUT2D eigenvalue weighted by Gasteiger charge is 2.26. The van der Waals surface area contributed by atoms with Crippen molar-refractivity contribution >= 4 is 17.2 Å². The number of carbonyl (C=O) groups is 1. The fraction of sp³-hybridized carbons (Fsp3) is 0.389. The predicted molar refractivity (Wildman–Crippen MR) is 95.3 cm³/mol. The minimum atomic E-state index is -0.229. The van der Waals surface area contributed by atoms with E-state index in [1.807, 2.05) is 12.1 Å². The van der Waals surface area contributed by atoms with Crippen molar-refractivity contribution in [3.8, 4) is 6.07 Å². The summed E-state index contributed by atoms with van der Waals surface area (Å²) in [5.74, 6) is -0.229. The van der Waals surface area contributed by atoms with Gasteiger partial charge in [-0.15, -0.1) is 11.3 Å². The number of nitrogens with zero attached hydrogens (tertiary/aromatic N) is 3. The van der Waals surface area contributed by atoms with Gasteiger partial charge in [-0.1, -0.05) is 6.07 Å². The van der Waals surface area contributed by atoms with Crippen LogP contribution in [0.4, 0.5) is 0 Å². The molecule has 2 aromatic heterocycles. The quantitative estimate of drug-likeness (QED) is 0.889. The number of aromatic nitrogens is 1. The second-order valence-corrected chi connectivity index (χ2v) is 6.94. The van der Waals surface area contributed by atoms with Crippen LogP contribution in [-0.4, -0.2) is 48.1 Å². The maximum absolute atomic E-state index is 12.4. The Morgan fingerprint density at radius 2 is 2.44 bits per heavy atom. The summed E-state index contributed by atoms with van der Waals surface area (Å²) in [4.78, 5) is 20.0. The molecule has 0 spiro atoms. The van der Waals surface area contributed by atoms with Crippen molar-refractivity contribution in [1.82, 2.24) is 15.2 Å². The number of rotatable bonds is 5. The molecule has 6 nitrogen and oxygen atoms in total. The van der Waals surface area contributed by atoms with Crippen LogP contribution >= 0.6 is 11.3 Å². The van der Waals surface area contributed by atoms with Crippen molar-refractivity contribution in [3.05, 3.63) is 52.0 Å². The molecule has 3 rings (SSSR count). The Morgan fingerprint density at radius 3 is 3.08 bits per heavy atom. The van der Waals surface area contributed by atoms with E-state index in [0.717, 1.165) is 13.1 Å². The predicted octanol–water partition coefficient (Wildman–Crippen LogP) is 2.21. The van der Waals surface area contributed by atoms with Gasteiger partial charge in [0, 0.05) is 30.7 Å². The lowest BCUT2D eigenvalue weighted by molar-refractivity contribution is -0.0336. The summed E-state index contributed by atoms with van der Waals surface area (Å²) in [5, 5.41) is 13.8. The van der Waals surface area contributed by atoms with E-state index < -0.39 is 0 Å². The van der Waals surface area contributed by atoms with Crippen molar-refractivity contribution in [2.45, 2.75) is 19.1 Å². The highest BCUT2D eigenvalue weighted by Crippen LogP contribution is 2.26. The van der Waals surface area contributed by atoms with Crippen LogP contribution in [0.1, 0.15) is 33.9 Å². The molecule has 2 atom stereocenters. The standard InChI is InChI=1S/C18H20N4O2S/c1-13-12-22(6-7-24-13)16(17-3-2-8-25-17)11-21-18(23)15-5-4-14(9-19)10-20-15/h2-5,8,10,13,16H,6-7,11-12H2,1H3,(H,21,23). The monoisotopic (exact) mass is 356 g/mol. The molecule has 1 amide bonds. The number of nitrogens with one attached hydrogen (secondary N) is 1. The van der Waals surface area contributed by atoms with Gasteiger partial charge in [0.05, 0.1) is 24.3 Å². The van der Waals surface area contributed by atoms with E-state index in [2.05, 4.69) is 33.6 Å². The molecule has 0 bridgehead atoms. The van der Waals surface area contributed by atoms with Crippen LogP contribution in [0.2, 0.25) is 0 Å². The lowest BCUT2D eigenvalue weighted by Gasteiger charge is -2.37. The van der Waals surface area contributed by atoms with Crippen molar-refractivity contribution in [2.75, 3.05) is 26.2 Å². The number of hydrogen-bond acceptors (Lipinski definition) is 6. The summed E-state index contributed by atoms with van der Waals surface area (Å²) < 4.78 is 5.63. The molecule has 0 aromatic carbocycles. The largest absolute Gasteiger partial charge is 0.376 e. The lowest BCUT2D eigenvalue weighted by Crippen LogP contribution is -2.46. The third-order valence-corrected chi connectivity index (χ3v) is 5.14. The van der Waals surface area contributed by atoms with E-state index in [0.29, 0.717) is 24.4 Å². The van der Waals surface area contributed by atoms with Gasteiger partial charge in [-0.25, -0.2) is 4.98 Å². The fourth-order valence-corrected chi connectivity index (χ4v) is 3.75. The number of nitriles is 1. The highest BCUT2D eigenvalue weighted by molar-refractivity contribution is 7.10. The normalized spacial score (nSPS) is 19.1. The molecule has 130 valence electrons. The van der Waals surface area contributed by atoms with Gasteiger partial charge in [0.1, 0.15) is 11.8 Å². The van der Waals surface area contributed by atoms with E-state index in [4.69, 9.17) is 10.00 Å². The van der Waals surface area contributed by atoms with Crippen molar-refractivity contribution in [2.24, 2.45) is 0 Å². The van der Waals surface area contributed by atoms with Crippen LogP contribution in [0.25, 0.3) is 0 Å². The Hall–Kier alpha value is -2.27. The average Bonchev–Trinajstić information content (AvgIpc) is 3.16. The smallest absolute Gasteiger partial charge is 0.269 e. The third-order valence-electron chi connectivity index (χ3n) is 4.17. The molecule has 1 N–H and O–H groups in total. The number of morpholine rings is 1. The number of amides is 1. The third kappa shape index (κ3) is 4.42. The van der Waals surface area contributed by atoms with Gasteiger partial charge in [0.2, 0.25) is 0 Å². The molecule has 1 aliphatic rings. The van der Waals surface area contributed by atoms with E-state index in [1.165, 1.54) is 11.1 Å². The van der Waals surface area contributed by atoms with Gasteiger partial charge < -0.3 is 10.1 Å². The molecule has 25 heavy (non-hydrogen) atoms. The number of hydrogen-bond donors (Lipinski definition) is 1. The number of thiophene rings is 1. The SMILES string of the molecule is CC1CN(C(CNC(=O)c2ccc(C#N)cn2)c2cccs2)CCO1. The van der Waals surface area contributed by atoms with Gasteiger partial charge in [0.15, 0.2) is 0 Å². The Bertz CT molecular complexity index is 739. The number of ether oxygens (including phenoxy) is 1. The molecular formula is C18H20N4O2S.